The van der Waals surface area contributed by atoms with Crippen molar-refractivity contribution in [2.45, 2.75) is 147 Å². The van der Waals surface area contributed by atoms with Crippen molar-refractivity contribution in [1.82, 2.24) is 19.1 Å². The topological polar surface area (TPSA) is 279 Å². The van der Waals surface area contributed by atoms with E-state index in [4.69, 9.17) is 45.6 Å². The van der Waals surface area contributed by atoms with Crippen LogP contribution in [0.1, 0.15) is 93.1 Å². The monoisotopic (exact) mass is 1030 g/mol. The second kappa shape index (κ2) is 26.4. The third-order valence-corrected chi connectivity index (χ3v) is 19.7. The van der Waals surface area contributed by atoms with Gasteiger partial charge in [0.05, 0.1) is 30.7 Å². The Hall–Kier alpha value is -5.38. The molecule has 22 heteroatoms. The summed E-state index contributed by atoms with van der Waals surface area (Å²) in [5.41, 5.74) is -0.0994. The molecule has 0 spiro atoms. The molecule has 384 valence electrons. The van der Waals surface area contributed by atoms with E-state index in [1.807, 2.05) is 42.5 Å². The minimum Gasteiger partial charge on any atom is -0.459 e. The summed E-state index contributed by atoms with van der Waals surface area (Å²) >= 11 is 5.20. The average Bonchev–Trinajstić information content (AvgIpc) is 3.77. The van der Waals surface area contributed by atoms with Crippen LogP contribution >= 0.6 is 12.2 Å². The van der Waals surface area contributed by atoms with Gasteiger partial charge >= 0.3 is 16.6 Å². The Bertz CT molecular complexity index is 2640. The van der Waals surface area contributed by atoms with E-state index in [2.05, 4.69) is 65.4 Å². The molecule has 4 N–H and O–H groups in total. The number of aromatic nitrogens is 4. The molecule has 2 fully saturated rings. The minimum atomic E-state index is -2.24. The van der Waals surface area contributed by atoms with Gasteiger partial charge in [-0.3, -0.25) is 18.7 Å². The smallest absolute Gasteiger partial charge is 0.359 e. The molecule has 0 radical (unpaired) electrons. The van der Waals surface area contributed by atoms with Gasteiger partial charge < -0.3 is 43.5 Å². The van der Waals surface area contributed by atoms with E-state index < -0.39 is 96.3 Å². The standard InChI is InChI=1S/C24H21N3O7S.C13H15N3O5.C12H30OSi2/c1-14(29)10-17-8-9-27(22(31)26-17)21-24(13-25,20(30)19(12-28)33-21)34-23(35)32-18-7-6-15-4-2-3-5-16(15)11-18;1-7(18)4-8-2-3-16(13(20)15-8)12-9(5-14)11(19)10(6-17)21-12;1-9(2)14(10(3)4)13-15(11(5)6)12(7)8/h2-9,11,19-21,28,30H,10,12H2,1H3;2-3,9-12,17,19H,4,6H2,1H3;9-12,14-15H,1-8H3/t19-,20-,21-,24?;9-,10+,11-,12+;/m10./s1. The van der Waals surface area contributed by atoms with E-state index in [1.165, 1.54) is 38.4 Å². The largest absolute Gasteiger partial charge is 0.459 e. The zero-order valence-corrected chi connectivity index (χ0v) is 44.9. The Labute approximate surface area is 422 Å². The van der Waals surface area contributed by atoms with Crippen LogP contribution < -0.4 is 16.1 Å². The van der Waals surface area contributed by atoms with Crippen LogP contribution in [0.3, 0.4) is 0 Å². The highest BCUT2D eigenvalue weighted by Gasteiger charge is 2.61. The molecule has 71 heavy (non-hydrogen) atoms. The molecule has 2 aliphatic heterocycles. The third-order valence-electron chi connectivity index (χ3n) is 11.8. The number of thiocarbonyl (C=S) groups is 1. The fourth-order valence-corrected chi connectivity index (χ4v) is 18.3. The van der Waals surface area contributed by atoms with Crippen LogP contribution in [0.2, 0.25) is 22.2 Å². The van der Waals surface area contributed by atoms with Crippen LogP contribution in [0, 0.1) is 28.6 Å². The number of ketones is 2. The summed E-state index contributed by atoms with van der Waals surface area (Å²) in [6, 6.07) is 19.4. The number of nitrogens with zero attached hydrogens (tertiary/aromatic N) is 6. The van der Waals surface area contributed by atoms with Gasteiger partial charge in [-0.2, -0.15) is 20.5 Å². The van der Waals surface area contributed by atoms with Crippen LogP contribution in [-0.2, 0) is 40.8 Å². The average molecular weight is 1040 g/mol. The van der Waals surface area contributed by atoms with E-state index in [-0.39, 0.29) is 30.1 Å². The molecule has 6 rings (SSSR count). The summed E-state index contributed by atoms with van der Waals surface area (Å²) in [5, 5.41) is 59.9. The number of nitriles is 2. The Morgan fingerprint density at radius 2 is 1.28 bits per heavy atom. The number of hydrogen-bond acceptors (Lipinski definition) is 18. The van der Waals surface area contributed by atoms with Gasteiger partial charge in [0, 0.05) is 37.5 Å². The molecule has 2 saturated heterocycles. The molecule has 4 heterocycles. The van der Waals surface area contributed by atoms with Crippen molar-refractivity contribution in [3.8, 4) is 17.9 Å². The Morgan fingerprint density at radius 1 is 0.775 bits per heavy atom. The first-order valence-electron chi connectivity index (χ1n) is 23.4. The summed E-state index contributed by atoms with van der Waals surface area (Å²) in [4.78, 5) is 54.6. The molecule has 4 aromatic rings. The Kier molecular flexibility index (Phi) is 21.6. The molecule has 2 aromatic heterocycles. The van der Waals surface area contributed by atoms with E-state index in [1.54, 1.807) is 12.1 Å². The molecule has 2 aliphatic rings. The third kappa shape index (κ3) is 14.9. The number of hydrogen-bond donors (Lipinski definition) is 4. The zero-order valence-electron chi connectivity index (χ0n) is 41.7. The highest BCUT2D eigenvalue weighted by atomic mass is 32.1. The maximum atomic E-state index is 12.7. The Balaban J connectivity index is 0.000000258. The lowest BCUT2D eigenvalue weighted by atomic mass is 9.95. The van der Waals surface area contributed by atoms with Gasteiger partial charge in [0.1, 0.15) is 53.7 Å². The van der Waals surface area contributed by atoms with Gasteiger partial charge in [-0.05, 0) is 71.1 Å². The molecule has 0 aliphatic carbocycles. The number of fused-ring (bicyclic) bond motifs is 1. The fourth-order valence-electron chi connectivity index (χ4n) is 8.52. The summed E-state index contributed by atoms with van der Waals surface area (Å²) < 4.78 is 30.8. The lowest BCUT2D eigenvalue weighted by Gasteiger charge is -2.32. The molecule has 1 unspecified atom stereocenters. The van der Waals surface area contributed by atoms with Gasteiger partial charge in [0.25, 0.3) is 5.60 Å². The molecular weight excluding hydrogens is 969 g/mol. The number of carbonyl (C=O) groups is 2. The highest BCUT2D eigenvalue weighted by molar-refractivity contribution is 7.79. The first kappa shape index (κ1) is 58.2. The van der Waals surface area contributed by atoms with Crippen LogP contribution in [0.4, 0.5) is 0 Å². The summed E-state index contributed by atoms with van der Waals surface area (Å²) in [6.45, 7) is 20.3. The lowest BCUT2D eigenvalue weighted by molar-refractivity contribution is -0.117. The van der Waals surface area contributed by atoms with E-state index in [0.29, 0.717) is 11.4 Å². The first-order chi connectivity index (χ1) is 33.5. The van der Waals surface area contributed by atoms with E-state index >= 15 is 0 Å². The van der Waals surface area contributed by atoms with E-state index in [9.17, 15) is 39.8 Å². The number of carbonyl (C=O) groups excluding carboxylic acids is 2. The fraction of sp³-hybridized carbons (Fsp3) is 0.531. The second-order valence-electron chi connectivity index (χ2n) is 18.9. The van der Waals surface area contributed by atoms with Gasteiger partial charge in [-0.25, -0.2) is 9.59 Å². The van der Waals surface area contributed by atoms with Crippen LogP contribution in [0.25, 0.3) is 10.8 Å². The van der Waals surface area contributed by atoms with Gasteiger partial charge in [0.2, 0.25) is 0 Å². The minimum absolute atomic E-state index is 0.0468. The molecule has 2 aromatic carbocycles. The predicted molar refractivity (Wildman–Crippen MR) is 271 cm³/mol. The van der Waals surface area contributed by atoms with E-state index in [0.717, 1.165) is 42.1 Å². The molecule has 0 bridgehead atoms. The van der Waals surface area contributed by atoms with Crippen molar-refractivity contribution in [1.29, 1.82) is 10.5 Å². The molecule has 0 amide bonds. The van der Waals surface area contributed by atoms with Gasteiger partial charge in [-0.15, -0.1) is 0 Å². The number of Topliss-reactive ketones (excluding diaryl/α,β-unsaturated/α-hetero) is 2. The first-order valence-corrected chi connectivity index (χ1v) is 27.4. The van der Waals surface area contributed by atoms with Crippen molar-refractivity contribution in [3.05, 3.63) is 99.3 Å². The van der Waals surface area contributed by atoms with Gasteiger partial charge in [0.15, 0.2) is 30.5 Å². The van der Waals surface area contributed by atoms with Gasteiger partial charge in [-0.1, -0.05) is 85.7 Å². The highest BCUT2D eigenvalue weighted by Crippen LogP contribution is 2.41. The molecule has 19 nitrogen and oxygen atoms in total. The number of rotatable bonds is 16. The Morgan fingerprint density at radius 3 is 1.73 bits per heavy atom. The normalized spacial score (nSPS) is 22.8. The quantitative estimate of drug-likeness (QED) is 0.0900. The summed E-state index contributed by atoms with van der Waals surface area (Å²) in [5.74, 6) is -0.964. The maximum Gasteiger partial charge on any atom is 0.359 e. The van der Waals surface area contributed by atoms with Crippen molar-refractivity contribution >= 4 is 57.9 Å². The van der Waals surface area contributed by atoms with Crippen molar-refractivity contribution in [2.75, 3.05) is 13.2 Å². The number of aliphatic hydroxyl groups is 4. The molecule has 8 atom stereocenters. The van der Waals surface area contributed by atoms with Crippen LogP contribution in [-0.4, -0.2) is 118 Å². The number of benzene rings is 2. The zero-order chi connectivity index (χ0) is 52.9. The predicted octanol–water partition coefficient (Wildman–Crippen LogP) is 4.28. The van der Waals surface area contributed by atoms with Crippen molar-refractivity contribution in [2.24, 2.45) is 5.92 Å². The lowest BCUT2D eigenvalue weighted by Crippen LogP contribution is -2.51. The second-order valence-corrected chi connectivity index (χ2v) is 27.5. The van der Waals surface area contributed by atoms with Crippen LogP contribution in [0.5, 0.6) is 5.75 Å². The number of ether oxygens (including phenoxy) is 4. The summed E-state index contributed by atoms with van der Waals surface area (Å²) in [7, 11) is -1.98. The summed E-state index contributed by atoms with van der Waals surface area (Å²) in [6.07, 6.45) is -4.97. The molecular formula is C49H66N6O13SSi2. The SMILES string of the molecule is CC(=O)Cc1ccn([C@@H]2O[C@H](CO)[C@@H](O)C2(C#N)OC(=S)Oc2ccc3ccccc3c2)c(=O)n1.CC(=O)Cc1ccn([C@@H]2O[C@H](CO)[C@@H](O)[C@@H]2C#N)c(=O)n1.CC(C)[SiH](O[SiH](C(C)C)C(C)C)C(C)C. The molecule has 0 saturated carbocycles. The van der Waals surface area contributed by atoms with Crippen molar-refractivity contribution < 1.29 is 53.1 Å². The van der Waals surface area contributed by atoms with Crippen molar-refractivity contribution in [3.63, 3.8) is 0 Å². The number of aliphatic hydroxyl groups excluding tert-OH is 4. The van der Waals surface area contributed by atoms with Crippen LogP contribution in [0.15, 0.2) is 76.6 Å². The maximum absolute atomic E-state index is 12.7.